The fourth-order valence-corrected chi connectivity index (χ4v) is 5.89. The van der Waals surface area contributed by atoms with E-state index in [4.69, 9.17) is 9.47 Å². The van der Waals surface area contributed by atoms with E-state index in [1.54, 1.807) is 20.8 Å². The molecule has 216 valence electrons. The first-order valence-electron chi connectivity index (χ1n) is 13.6. The van der Waals surface area contributed by atoms with Crippen molar-refractivity contribution < 1.29 is 29.0 Å². The van der Waals surface area contributed by atoms with Crippen molar-refractivity contribution >= 4 is 29.9 Å². The Labute approximate surface area is 244 Å². The molecule has 3 N–H and O–H groups in total. The monoisotopic (exact) mass is 576 g/mol. The number of ether oxygens (including phenoxy) is 2. The molecule has 2 atom stereocenters. The molecule has 4 rings (SSSR count). The Morgan fingerprint density at radius 1 is 0.829 bits per heavy atom. The molecule has 8 nitrogen and oxygen atoms in total. The second-order valence-electron chi connectivity index (χ2n) is 10.9. The SMILES string of the molecule is CC(C)(C)OC(=O)N[C@H](CSC[C@H](NC(=O)OCC1c2ccccc2-c2ccccc21)C(=O)O)Cc1ccccc1. The van der Waals surface area contributed by atoms with Gasteiger partial charge in [0.1, 0.15) is 18.2 Å². The zero-order valence-corrected chi connectivity index (χ0v) is 24.3. The second-order valence-corrected chi connectivity index (χ2v) is 12.0. The van der Waals surface area contributed by atoms with Crippen LogP contribution >= 0.6 is 11.8 Å². The standard InChI is InChI=1S/C32H36N2O6S/c1-32(2,3)40-31(38)33-22(17-21-11-5-4-6-12-21)19-41-20-28(29(35)36)34-30(37)39-18-27-25-15-9-7-13-23(25)24-14-8-10-16-26(24)27/h4-16,22,27-28H,17-20H2,1-3H3,(H,33,38)(H,34,37)(H,35,36)/t22-,28-/m0/s1. The number of benzene rings is 3. The molecule has 3 aromatic rings. The lowest BCUT2D eigenvalue weighted by Crippen LogP contribution is -2.44. The Kier molecular flexibility index (Phi) is 9.94. The zero-order valence-electron chi connectivity index (χ0n) is 23.5. The predicted molar refractivity (Wildman–Crippen MR) is 160 cm³/mol. The van der Waals surface area contributed by atoms with Crippen LogP contribution in [0.3, 0.4) is 0 Å². The number of hydrogen-bond donors (Lipinski definition) is 3. The van der Waals surface area contributed by atoms with E-state index in [9.17, 15) is 19.5 Å². The lowest BCUT2D eigenvalue weighted by atomic mass is 9.98. The van der Waals surface area contributed by atoms with Crippen LogP contribution in [-0.2, 0) is 20.7 Å². The summed E-state index contributed by atoms with van der Waals surface area (Å²) in [6.07, 6.45) is -0.775. The molecule has 0 spiro atoms. The number of aliphatic carboxylic acids is 1. The first-order valence-corrected chi connectivity index (χ1v) is 14.7. The fourth-order valence-electron chi connectivity index (χ4n) is 4.81. The molecule has 0 bridgehead atoms. The zero-order chi connectivity index (χ0) is 29.4. The van der Waals surface area contributed by atoms with Crippen LogP contribution in [0.15, 0.2) is 78.9 Å². The average molecular weight is 577 g/mol. The highest BCUT2D eigenvalue weighted by Crippen LogP contribution is 2.44. The number of nitrogens with one attached hydrogen (secondary N) is 2. The van der Waals surface area contributed by atoms with Crippen molar-refractivity contribution in [3.05, 3.63) is 95.6 Å². The minimum absolute atomic E-state index is 0.0955. The van der Waals surface area contributed by atoms with Crippen molar-refractivity contribution in [3.8, 4) is 11.1 Å². The summed E-state index contributed by atoms with van der Waals surface area (Å²) >= 11 is 1.32. The minimum Gasteiger partial charge on any atom is -0.480 e. The van der Waals surface area contributed by atoms with E-state index in [-0.39, 0.29) is 24.3 Å². The predicted octanol–water partition coefficient (Wildman–Crippen LogP) is 5.85. The van der Waals surface area contributed by atoms with Crippen LogP contribution in [0, 0.1) is 0 Å². The van der Waals surface area contributed by atoms with Gasteiger partial charge in [-0.3, -0.25) is 0 Å². The number of carbonyl (C=O) groups excluding carboxylic acids is 2. The molecule has 0 aromatic heterocycles. The van der Waals surface area contributed by atoms with Gasteiger partial charge in [0, 0.05) is 23.5 Å². The maximum absolute atomic E-state index is 12.7. The molecule has 0 aliphatic heterocycles. The van der Waals surface area contributed by atoms with Gasteiger partial charge in [-0.15, -0.1) is 0 Å². The molecule has 0 saturated carbocycles. The van der Waals surface area contributed by atoms with Gasteiger partial charge in [-0.2, -0.15) is 11.8 Å². The maximum Gasteiger partial charge on any atom is 0.407 e. The Balaban J connectivity index is 1.32. The summed E-state index contributed by atoms with van der Waals surface area (Å²) in [5.41, 5.74) is 4.77. The molecule has 0 radical (unpaired) electrons. The summed E-state index contributed by atoms with van der Waals surface area (Å²) in [6.45, 7) is 5.47. The van der Waals surface area contributed by atoms with Crippen LogP contribution in [0.4, 0.5) is 9.59 Å². The van der Waals surface area contributed by atoms with Crippen molar-refractivity contribution in [1.82, 2.24) is 10.6 Å². The highest BCUT2D eigenvalue weighted by atomic mass is 32.2. The topological polar surface area (TPSA) is 114 Å². The van der Waals surface area contributed by atoms with E-state index in [1.165, 1.54) is 11.8 Å². The molecule has 1 aliphatic rings. The lowest BCUT2D eigenvalue weighted by molar-refractivity contribution is -0.138. The first-order chi connectivity index (χ1) is 19.6. The van der Waals surface area contributed by atoms with E-state index in [1.807, 2.05) is 66.7 Å². The number of carboxylic acid groups (broad SMARTS) is 1. The van der Waals surface area contributed by atoms with Crippen molar-refractivity contribution in [3.63, 3.8) is 0 Å². The summed E-state index contributed by atoms with van der Waals surface area (Å²) in [7, 11) is 0. The van der Waals surface area contributed by atoms with Gasteiger partial charge in [0.25, 0.3) is 0 Å². The summed E-state index contributed by atoms with van der Waals surface area (Å²) in [6, 6.07) is 24.3. The maximum atomic E-state index is 12.7. The normalized spacial score (nSPS) is 13.8. The van der Waals surface area contributed by atoms with E-state index in [0.29, 0.717) is 12.2 Å². The van der Waals surface area contributed by atoms with Crippen molar-refractivity contribution in [2.45, 2.75) is 50.8 Å². The average Bonchev–Trinajstić information content (AvgIpc) is 3.24. The van der Waals surface area contributed by atoms with Crippen LogP contribution in [0.1, 0.15) is 43.4 Å². The van der Waals surface area contributed by atoms with Crippen LogP contribution in [0.2, 0.25) is 0 Å². The van der Waals surface area contributed by atoms with Gasteiger partial charge >= 0.3 is 18.2 Å². The summed E-state index contributed by atoms with van der Waals surface area (Å²) in [5, 5.41) is 15.1. The number of alkyl carbamates (subject to hydrolysis) is 2. The molecule has 2 amide bonds. The largest absolute Gasteiger partial charge is 0.480 e. The quantitative estimate of drug-likeness (QED) is 0.262. The Morgan fingerprint density at radius 2 is 1.41 bits per heavy atom. The number of fused-ring (bicyclic) bond motifs is 3. The van der Waals surface area contributed by atoms with Crippen molar-refractivity contribution in [2.75, 3.05) is 18.1 Å². The number of hydrogen-bond acceptors (Lipinski definition) is 6. The first kappa shape index (κ1) is 30.0. The Morgan fingerprint density at radius 3 is 2.00 bits per heavy atom. The van der Waals surface area contributed by atoms with Crippen LogP contribution < -0.4 is 10.6 Å². The number of rotatable bonds is 11. The molecular formula is C32H36N2O6S. The number of carbonyl (C=O) groups is 3. The van der Waals surface area contributed by atoms with Crippen LogP contribution in [-0.4, -0.2) is 59.1 Å². The van der Waals surface area contributed by atoms with Crippen LogP contribution in [0.5, 0.6) is 0 Å². The van der Waals surface area contributed by atoms with Gasteiger partial charge < -0.3 is 25.2 Å². The third kappa shape index (κ3) is 8.50. The van der Waals surface area contributed by atoms with Gasteiger partial charge in [-0.05, 0) is 55.0 Å². The van der Waals surface area contributed by atoms with Crippen molar-refractivity contribution in [2.24, 2.45) is 0 Å². The van der Waals surface area contributed by atoms with Crippen LogP contribution in [0.25, 0.3) is 11.1 Å². The van der Waals surface area contributed by atoms with Crippen molar-refractivity contribution in [1.29, 1.82) is 0 Å². The smallest absolute Gasteiger partial charge is 0.407 e. The van der Waals surface area contributed by atoms with E-state index in [0.717, 1.165) is 27.8 Å². The van der Waals surface area contributed by atoms with Gasteiger partial charge in [0.2, 0.25) is 0 Å². The van der Waals surface area contributed by atoms with E-state index in [2.05, 4.69) is 22.8 Å². The minimum atomic E-state index is -1.16. The number of thioether (sulfide) groups is 1. The molecule has 9 heteroatoms. The molecule has 41 heavy (non-hydrogen) atoms. The summed E-state index contributed by atoms with van der Waals surface area (Å²) in [4.78, 5) is 37.1. The third-order valence-corrected chi connectivity index (χ3v) is 7.79. The molecular weight excluding hydrogens is 540 g/mol. The molecule has 0 heterocycles. The lowest BCUT2D eigenvalue weighted by Gasteiger charge is -2.24. The number of carboxylic acids is 1. The molecule has 0 fully saturated rings. The van der Waals surface area contributed by atoms with Gasteiger partial charge in [0.15, 0.2) is 0 Å². The molecule has 3 aromatic carbocycles. The molecule has 0 unspecified atom stereocenters. The second kappa shape index (κ2) is 13.6. The van der Waals surface area contributed by atoms with E-state index >= 15 is 0 Å². The summed E-state index contributed by atoms with van der Waals surface area (Å²) < 4.78 is 10.9. The van der Waals surface area contributed by atoms with Gasteiger partial charge in [-0.1, -0.05) is 78.9 Å². The molecule has 1 aliphatic carbocycles. The molecule has 0 saturated heterocycles. The number of amides is 2. The van der Waals surface area contributed by atoms with Gasteiger partial charge in [-0.25, -0.2) is 14.4 Å². The fraction of sp³-hybridized carbons (Fsp3) is 0.344. The van der Waals surface area contributed by atoms with Gasteiger partial charge in [0.05, 0.1) is 0 Å². The highest BCUT2D eigenvalue weighted by Gasteiger charge is 2.30. The third-order valence-electron chi connectivity index (χ3n) is 6.58. The summed E-state index contributed by atoms with van der Waals surface area (Å²) in [5.74, 6) is -0.764. The Bertz CT molecular complexity index is 1310. The Hall–Kier alpha value is -3.98. The highest BCUT2D eigenvalue weighted by molar-refractivity contribution is 7.99. The van der Waals surface area contributed by atoms with E-state index < -0.39 is 29.8 Å².